The molecule has 0 atom stereocenters. The summed E-state index contributed by atoms with van der Waals surface area (Å²) in [5.74, 6) is -0.170. The van der Waals surface area contributed by atoms with Crippen molar-refractivity contribution in [3.8, 4) is 0 Å². The van der Waals surface area contributed by atoms with Crippen LogP contribution in [0.25, 0.3) is 11.0 Å². The van der Waals surface area contributed by atoms with Gasteiger partial charge in [0.2, 0.25) is 0 Å². The van der Waals surface area contributed by atoms with E-state index in [9.17, 15) is 4.79 Å². The molecule has 1 aromatic heterocycles. The molecule has 20 heavy (non-hydrogen) atoms. The van der Waals surface area contributed by atoms with Crippen LogP contribution in [0.3, 0.4) is 0 Å². The van der Waals surface area contributed by atoms with Crippen LogP contribution in [-0.4, -0.2) is 28.8 Å². The van der Waals surface area contributed by atoms with Crippen molar-refractivity contribution in [1.82, 2.24) is 7.96 Å². The average molecular weight is 331 g/mol. The molecule has 0 fully saturated rings. The summed E-state index contributed by atoms with van der Waals surface area (Å²) in [6.45, 7) is 1.88. The summed E-state index contributed by atoms with van der Waals surface area (Å²) in [6.07, 6.45) is 0. The van der Waals surface area contributed by atoms with Gasteiger partial charge in [0.05, 0.1) is 0 Å². The van der Waals surface area contributed by atoms with Crippen molar-refractivity contribution >= 4 is 43.3 Å². The number of fused-ring (bicyclic) bond motifs is 1. The summed E-state index contributed by atoms with van der Waals surface area (Å²) in [6, 6.07) is 10.8. The number of aromatic nitrogens is 2. The Labute approximate surface area is 122 Å². The molecule has 1 heterocycles. The minimum atomic E-state index is -0.170. The summed E-state index contributed by atoms with van der Waals surface area (Å²) in [7, 11) is 0. The molecule has 2 aromatic carbocycles. The molecule has 0 spiro atoms. The van der Waals surface area contributed by atoms with E-state index < -0.39 is 0 Å². The van der Waals surface area contributed by atoms with Gasteiger partial charge in [-0.05, 0) is 0 Å². The molecule has 0 radical (unpaired) electrons. The Kier molecular flexibility index (Phi) is 3.26. The first-order valence-electron chi connectivity index (χ1n) is 6.04. The van der Waals surface area contributed by atoms with Crippen molar-refractivity contribution in [1.29, 1.82) is 0 Å². The summed E-state index contributed by atoms with van der Waals surface area (Å²) < 4.78 is 8.63. The van der Waals surface area contributed by atoms with Gasteiger partial charge in [0.15, 0.2) is 0 Å². The van der Waals surface area contributed by atoms with Crippen LogP contribution in [0.5, 0.6) is 0 Å². The maximum atomic E-state index is 12.3. The molecule has 0 aliphatic rings. The van der Waals surface area contributed by atoms with E-state index in [1.807, 2.05) is 25.1 Å². The number of carbonyl (C=O) groups excluding carboxylic acids is 1. The summed E-state index contributed by atoms with van der Waals surface area (Å²) in [5.41, 5.74) is 10.2. The zero-order valence-electron chi connectivity index (χ0n) is 10.8. The Morgan fingerprint density at radius 2 is 2.10 bits per heavy atom. The van der Waals surface area contributed by atoms with E-state index >= 15 is 0 Å². The van der Waals surface area contributed by atoms with Crippen LogP contribution in [0.2, 0.25) is 0 Å². The maximum absolute atomic E-state index is 12.3. The predicted molar refractivity (Wildman–Crippen MR) is 80.0 cm³/mol. The van der Waals surface area contributed by atoms with Crippen LogP contribution in [0, 0.1) is 6.92 Å². The SMILES string of the molecule is Cc1cc(C(=O)Nc2cccc3n[se]nc23)ccc1N. The first-order chi connectivity index (χ1) is 9.65. The van der Waals surface area contributed by atoms with Crippen molar-refractivity contribution in [2.24, 2.45) is 0 Å². The summed E-state index contributed by atoms with van der Waals surface area (Å²) >= 11 is -0.110. The van der Waals surface area contributed by atoms with Crippen LogP contribution < -0.4 is 11.1 Å². The van der Waals surface area contributed by atoms with Crippen molar-refractivity contribution in [2.75, 3.05) is 11.1 Å². The molecule has 6 heteroatoms. The number of benzene rings is 2. The van der Waals surface area contributed by atoms with Gasteiger partial charge in [0, 0.05) is 0 Å². The second-order valence-electron chi connectivity index (χ2n) is 4.46. The molecule has 0 saturated carbocycles. The van der Waals surface area contributed by atoms with Crippen LogP contribution in [-0.2, 0) is 0 Å². The number of nitrogens with zero attached hydrogens (tertiary/aromatic N) is 2. The quantitative estimate of drug-likeness (QED) is 0.554. The number of nitrogens with one attached hydrogen (secondary N) is 1. The Morgan fingerprint density at radius 3 is 2.90 bits per heavy atom. The first-order valence-corrected chi connectivity index (χ1v) is 7.57. The van der Waals surface area contributed by atoms with Crippen LogP contribution in [0.4, 0.5) is 11.4 Å². The van der Waals surface area contributed by atoms with E-state index in [0.717, 1.165) is 16.6 Å². The van der Waals surface area contributed by atoms with Gasteiger partial charge in [-0.2, -0.15) is 0 Å². The summed E-state index contributed by atoms with van der Waals surface area (Å²) in [5, 5.41) is 2.88. The third kappa shape index (κ3) is 2.31. The zero-order valence-corrected chi connectivity index (χ0v) is 12.5. The molecular formula is C14H12N4OSe. The number of anilines is 2. The number of hydrogen-bond acceptors (Lipinski definition) is 4. The normalized spacial score (nSPS) is 10.7. The molecule has 0 aliphatic heterocycles. The van der Waals surface area contributed by atoms with Crippen LogP contribution in [0.1, 0.15) is 15.9 Å². The number of nitrogens with two attached hydrogens (primary N) is 1. The van der Waals surface area contributed by atoms with Gasteiger partial charge in [-0.3, -0.25) is 0 Å². The first kappa shape index (κ1) is 12.8. The number of hydrogen-bond donors (Lipinski definition) is 2. The fourth-order valence-electron chi connectivity index (χ4n) is 1.92. The number of rotatable bonds is 2. The monoisotopic (exact) mass is 332 g/mol. The molecule has 0 bridgehead atoms. The van der Waals surface area contributed by atoms with Gasteiger partial charge >= 0.3 is 122 Å². The van der Waals surface area contributed by atoms with Gasteiger partial charge in [-0.25, -0.2) is 0 Å². The Hall–Kier alpha value is -2.17. The van der Waals surface area contributed by atoms with Crippen molar-refractivity contribution in [2.45, 2.75) is 6.92 Å². The van der Waals surface area contributed by atoms with Gasteiger partial charge in [0.25, 0.3) is 0 Å². The number of nitrogen functional groups attached to an aromatic ring is 1. The van der Waals surface area contributed by atoms with Crippen molar-refractivity contribution in [3.63, 3.8) is 0 Å². The molecule has 5 nitrogen and oxygen atoms in total. The van der Waals surface area contributed by atoms with E-state index in [-0.39, 0.29) is 20.9 Å². The molecule has 1 amide bonds. The summed E-state index contributed by atoms with van der Waals surface area (Å²) in [4.78, 5) is 12.3. The Balaban J connectivity index is 1.92. The molecule has 100 valence electrons. The molecule has 3 rings (SSSR count). The van der Waals surface area contributed by atoms with Gasteiger partial charge in [-0.1, -0.05) is 0 Å². The van der Waals surface area contributed by atoms with Crippen molar-refractivity contribution < 1.29 is 4.79 Å². The zero-order chi connectivity index (χ0) is 14.1. The van der Waals surface area contributed by atoms with E-state index in [4.69, 9.17) is 5.73 Å². The third-order valence-electron chi connectivity index (χ3n) is 3.07. The standard InChI is InChI=1S/C14H12N4OSe/c1-8-7-9(5-6-10(8)15)14(19)16-11-3-2-4-12-13(11)18-20-17-12/h2-7H,15H2,1H3,(H,16,19). The number of carbonyl (C=O) groups is 1. The van der Waals surface area contributed by atoms with E-state index in [2.05, 4.69) is 13.3 Å². The second-order valence-corrected chi connectivity index (χ2v) is 5.57. The van der Waals surface area contributed by atoms with Gasteiger partial charge in [0.1, 0.15) is 0 Å². The Morgan fingerprint density at radius 1 is 1.25 bits per heavy atom. The molecule has 0 unspecified atom stereocenters. The van der Waals surface area contributed by atoms with Crippen LogP contribution in [0.15, 0.2) is 36.4 Å². The molecule has 3 N–H and O–H groups in total. The fraction of sp³-hybridized carbons (Fsp3) is 0.0714. The number of amides is 1. The minimum absolute atomic E-state index is 0.110. The molecular weight excluding hydrogens is 319 g/mol. The van der Waals surface area contributed by atoms with Gasteiger partial charge in [-0.15, -0.1) is 0 Å². The Bertz CT molecular complexity index is 797. The second kappa shape index (κ2) is 5.07. The number of aryl methyl sites for hydroxylation is 1. The van der Waals surface area contributed by atoms with Crippen molar-refractivity contribution in [3.05, 3.63) is 47.5 Å². The molecule has 0 saturated heterocycles. The van der Waals surface area contributed by atoms with Crippen LogP contribution >= 0.6 is 0 Å². The topological polar surface area (TPSA) is 80.9 Å². The van der Waals surface area contributed by atoms with Gasteiger partial charge < -0.3 is 0 Å². The van der Waals surface area contributed by atoms with E-state index in [0.29, 0.717) is 16.9 Å². The third-order valence-corrected chi connectivity index (χ3v) is 4.20. The predicted octanol–water partition coefficient (Wildman–Crippen LogP) is 1.83. The van der Waals surface area contributed by atoms with E-state index in [1.54, 1.807) is 18.2 Å². The molecule has 0 aliphatic carbocycles. The van der Waals surface area contributed by atoms with E-state index in [1.165, 1.54) is 0 Å². The average Bonchev–Trinajstić information content (AvgIpc) is 2.91. The molecule has 3 aromatic rings. The fourth-order valence-corrected chi connectivity index (χ4v) is 3.07.